The zero-order valence-corrected chi connectivity index (χ0v) is 10.3. The number of hydrogen-bond donors (Lipinski definition) is 1. The monoisotopic (exact) mass is 245 g/mol. The predicted molar refractivity (Wildman–Crippen MR) is 60.9 cm³/mol. The van der Waals surface area contributed by atoms with E-state index in [4.69, 9.17) is 0 Å². The lowest BCUT2D eigenvalue weighted by molar-refractivity contribution is -0.627. The lowest BCUT2D eigenvalue weighted by atomic mass is 10.1. The van der Waals surface area contributed by atoms with E-state index in [0.29, 0.717) is 0 Å². The Balaban J connectivity index is 0. The van der Waals surface area contributed by atoms with Crippen LogP contribution in [0.4, 0.5) is 17.3 Å². The van der Waals surface area contributed by atoms with Crippen LogP contribution in [-0.4, -0.2) is 20.8 Å². The molecule has 0 aromatic rings. The number of halogens is 4. The summed E-state index contributed by atoms with van der Waals surface area (Å²) < 4.78 is 39.0. The van der Waals surface area contributed by atoms with E-state index >= 15 is 0 Å². The molecular formula is C10H24BF4N. The van der Waals surface area contributed by atoms with E-state index < -0.39 is 7.25 Å². The van der Waals surface area contributed by atoms with Crippen molar-refractivity contribution in [1.29, 1.82) is 0 Å². The van der Waals surface area contributed by atoms with Crippen LogP contribution in [0, 0.1) is 0 Å². The third-order valence-corrected chi connectivity index (χ3v) is 2.10. The molecule has 0 heterocycles. The van der Waals surface area contributed by atoms with Crippen LogP contribution < -0.4 is 5.32 Å². The van der Waals surface area contributed by atoms with Crippen molar-refractivity contribution in [2.75, 3.05) is 13.6 Å². The summed E-state index contributed by atoms with van der Waals surface area (Å²) in [6.45, 7) is 3.58. The normalized spacial score (nSPS) is 10.9. The highest BCUT2D eigenvalue weighted by atomic mass is 19.5. The molecule has 0 aliphatic heterocycles. The van der Waals surface area contributed by atoms with Gasteiger partial charge in [0.05, 0.1) is 13.6 Å². The molecule has 0 aromatic heterocycles. The summed E-state index contributed by atoms with van der Waals surface area (Å²) in [7, 11) is -3.85. The van der Waals surface area contributed by atoms with E-state index in [1.54, 1.807) is 0 Å². The van der Waals surface area contributed by atoms with Crippen LogP contribution in [0.1, 0.15) is 51.9 Å². The van der Waals surface area contributed by atoms with Gasteiger partial charge in [-0.25, -0.2) is 0 Å². The van der Waals surface area contributed by atoms with E-state index in [0.717, 1.165) is 0 Å². The Labute approximate surface area is 96.1 Å². The van der Waals surface area contributed by atoms with Crippen LogP contribution in [0.5, 0.6) is 0 Å². The molecule has 0 amide bonds. The quantitative estimate of drug-likeness (QED) is 0.384. The zero-order valence-electron chi connectivity index (χ0n) is 10.3. The molecule has 0 saturated heterocycles. The first kappa shape index (κ1) is 18.1. The molecule has 16 heavy (non-hydrogen) atoms. The van der Waals surface area contributed by atoms with E-state index in [-0.39, 0.29) is 0 Å². The molecule has 0 aliphatic rings. The SMILES string of the molecule is CCCCCCCCC[NH2+]C.F[B-](F)(F)F. The van der Waals surface area contributed by atoms with Crippen LogP contribution >= 0.6 is 0 Å². The smallest absolute Gasteiger partial charge is 0.418 e. The summed E-state index contributed by atoms with van der Waals surface area (Å²) in [5.74, 6) is 0. The maximum atomic E-state index is 9.75. The summed E-state index contributed by atoms with van der Waals surface area (Å²) in [6, 6.07) is 0. The third kappa shape index (κ3) is 37.2. The molecule has 0 rings (SSSR count). The third-order valence-electron chi connectivity index (χ3n) is 2.10. The van der Waals surface area contributed by atoms with Crippen molar-refractivity contribution in [3.8, 4) is 0 Å². The van der Waals surface area contributed by atoms with Crippen molar-refractivity contribution < 1.29 is 22.6 Å². The summed E-state index contributed by atoms with van der Waals surface area (Å²) in [6.07, 6.45) is 10.00. The van der Waals surface area contributed by atoms with Gasteiger partial charge in [-0.1, -0.05) is 39.0 Å². The molecule has 0 aromatic carbocycles. The van der Waals surface area contributed by atoms with Crippen LogP contribution in [0.25, 0.3) is 0 Å². The van der Waals surface area contributed by atoms with Crippen LogP contribution in [0.2, 0.25) is 0 Å². The van der Waals surface area contributed by atoms with Gasteiger partial charge in [-0.2, -0.15) is 0 Å². The zero-order chi connectivity index (χ0) is 12.9. The maximum absolute atomic E-state index is 9.75. The average molecular weight is 245 g/mol. The van der Waals surface area contributed by atoms with Crippen molar-refractivity contribution in [2.24, 2.45) is 0 Å². The van der Waals surface area contributed by atoms with E-state index in [2.05, 4.69) is 19.3 Å². The molecule has 6 heteroatoms. The molecule has 0 fully saturated rings. The Kier molecular flexibility index (Phi) is 14.5. The van der Waals surface area contributed by atoms with Gasteiger partial charge in [-0.05, 0) is 12.8 Å². The molecule has 2 N–H and O–H groups in total. The largest absolute Gasteiger partial charge is 0.673 e. The lowest BCUT2D eigenvalue weighted by Gasteiger charge is -1.98. The fourth-order valence-electron chi connectivity index (χ4n) is 1.31. The van der Waals surface area contributed by atoms with Gasteiger partial charge in [-0.15, -0.1) is 0 Å². The van der Waals surface area contributed by atoms with Crippen molar-refractivity contribution in [3.05, 3.63) is 0 Å². The van der Waals surface area contributed by atoms with Gasteiger partial charge >= 0.3 is 7.25 Å². The second-order valence-corrected chi connectivity index (χ2v) is 3.81. The van der Waals surface area contributed by atoms with E-state index in [9.17, 15) is 17.3 Å². The average Bonchev–Trinajstić information content (AvgIpc) is 2.14. The number of nitrogens with two attached hydrogens (primary N) is 1. The highest BCUT2D eigenvalue weighted by Crippen LogP contribution is 2.06. The molecule has 100 valence electrons. The van der Waals surface area contributed by atoms with Crippen LogP contribution in [-0.2, 0) is 0 Å². The summed E-state index contributed by atoms with van der Waals surface area (Å²) >= 11 is 0. The van der Waals surface area contributed by atoms with E-state index in [1.165, 1.54) is 51.5 Å². The van der Waals surface area contributed by atoms with Gasteiger partial charge in [0.15, 0.2) is 0 Å². The molecule has 0 saturated carbocycles. The van der Waals surface area contributed by atoms with Crippen LogP contribution in [0.15, 0.2) is 0 Å². The minimum absolute atomic E-state index is 1.31. The minimum Gasteiger partial charge on any atom is -0.418 e. The van der Waals surface area contributed by atoms with Gasteiger partial charge in [0.25, 0.3) is 0 Å². The molecule has 0 atom stereocenters. The molecule has 0 unspecified atom stereocenters. The van der Waals surface area contributed by atoms with Crippen molar-refractivity contribution >= 4 is 7.25 Å². The molecule has 1 nitrogen and oxygen atoms in total. The number of unbranched alkanes of at least 4 members (excludes halogenated alkanes) is 6. The first-order valence-electron chi connectivity index (χ1n) is 6.07. The van der Waals surface area contributed by atoms with Gasteiger partial charge in [-0.3, -0.25) is 0 Å². The minimum atomic E-state index is -6.00. The molecule has 0 bridgehead atoms. The second-order valence-electron chi connectivity index (χ2n) is 3.81. The van der Waals surface area contributed by atoms with Crippen molar-refractivity contribution in [3.63, 3.8) is 0 Å². The Bertz CT molecular complexity index is 116. The van der Waals surface area contributed by atoms with Gasteiger partial charge < -0.3 is 22.6 Å². The Morgan fingerprint density at radius 2 is 1.19 bits per heavy atom. The predicted octanol–water partition coefficient (Wildman–Crippen LogP) is 3.23. The highest BCUT2D eigenvalue weighted by Gasteiger charge is 2.20. The Morgan fingerprint density at radius 3 is 1.56 bits per heavy atom. The summed E-state index contributed by atoms with van der Waals surface area (Å²) in [5.41, 5.74) is 0. The lowest BCUT2D eigenvalue weighted by Crippen LogP contribution is -2.79. The molecule has 0 spiro atoms. The topological polar surface area (TPSA) is 16.6 Å². The first-order chi connectivity index (χ1) is 7.41. The maximum Gasteiger partial charge on any atom is 0.673 e. The Hall–Kier alpha value is -0.255. The van der Waals surface area contributed by atoms with Gasteiger partial charge in [0.2, 0.25) is 0 Å². The van der Waals surface area contributed by atoms with Gasteiger partial charge in [0.1, 0.15) is 0 Å². The summed E-state index contributed by atoms with van der Waals surface area (Å²) in [5, 5.41) is 2.27. The Morgan fingerprint density at radius 1 is 0.812 bits per heavy atom. The van der Waals surface area contributed by atoms with E-state index in [1.807, 2.05) is 0 Å². The second kappa shape index (κ2) is 12.8. The highest BCUT2D eigenvalue weighted by molar-refractivity contribution is 6.50. The van der Waals surface area contributed by atoms with Crippen molar-refractivity contribution in [2.45, 2.75) is 51.9 Å². The standard InChI is InChI=1S/C10H23N.BF4/c1-3-4-5-6-7-8-9-10-11-2;2-1(3,4)5/h11H,3-10H2,1-2H3;/q;-1/p+1. The number of rotatable bonds is 8. The number of hydrogen-bond acceptors (Lipinski definition) is 0. The number of quaternary nitrogens is 1. The summed E-state index contributed by atoms with van der Waals surface area (Å²) in [4.78, 5) is 0. The molecular weight excluding hydrogens is 221 g/mol. The molecule has 0 radical (unpaired) electrons. The van der Waals surface area contributed by atoms with Crippen LogP contribution in [0.3, 0.4) is 0 Å². The first-order valence-corrected chi connectivity index (χ1v) is 6.07. The van der Waals surface area contributed by atoms with Gasteiger partial charge in [0, 0.05) is 0 Å². The fraction of sp³-hybridized carbons (Fsp3) is 1.00. The van der Waals surface area contributed by atoms with Crippen molar-refractivity contribution in [1.82, 2.24) is 0 Å². The molecule has 0 aliphatic carbocycles. The fourth-order valence-corrected chi connectivity index (χ4v) is 1.31.